The van der Waals surface area contributed by atoms with Gasteiger partial charge in [-0.1, -0.05) is 46.4 Å². The molecule has 4 aromatic rings. The molecule has 33 heavy (non-hydrogen) atoms. The van der Waals surface area contributed by atoms with Gasteiger partial charge in [0, 0.05) is 11.1 Å². The number of carbonyl (C=O) groups is 1. The van der Waals surface area contributed by atoms with E-state index in [4.69, 9.17) is 50.8 Å². The van der Waals surface area contributed by atoms with Gasteiger partial charge in [-0.2, -0.15) is 0 Å². The van der Waals surface area contributed by atoms with Crippen molar-refractivity contribution in [3.63, 3.8) is 0 Å². The molecule has 0 spiro atoms. The number of phenols is 2. The van der Waals surface area contributed by atoms with Crippen molar-refractivity contribution < 1.29 is 24.5 Å². The number of benzene rings is 3. The fourth-order valence-corrected chi connectivity index (χ4v) is 7.94. The highest BCUT2D eigenvalue weighted by atomic mass is 127. The van der Waals surface area contributed by atoms with Crippen molar-refractivity contribution in [2.24, 2.45) is 0 Å². The van der Waals surface area contributed by atoms with Crippen LogP contribution in [0.3, 0.4) is 0 Å². The van der Waals surface area contributed by atoms with Gasteiger partial charge in [-0.25, -0.2) is 9.21 Å². The van der Waals surface area contributed by atoms with Gasteiger partial charge in [-0.3, -0.25) is 0 Å². The minimum atomic E-state index is -1.36. The molecule has 1 heterocycles. The molecule has 0 amide bonds. The van der Waals surface area contributed by atoms with E-state index in [2.05, 4.69) is 0 Å². The molecule has 1 aromatic heterocycles. The van der Waals surface area contributed by atoms with E-state index in [1.54, 1.807) is 12.1 Å². The topological polar surface area (TPSA) is 89.1 Å². The van der Waals surface area contributed by atoms with Crippen molar-refractivity contribution in [3.8, 4) is 22.6 Å². The van der Waals surface area contributed by atoms with Gasteiger partial charge in [-0.15, -0.1) is 0 Å². The molecule has 0 aliphatic carbocycles. The Morgan fingerprint density at radius 3 is 1.58 bits per heavy atom. The quantitative estimate of drug-likeness (QED) is 0.0613. The van der Waals surface area contributed by atoms with Gasteiger partial charge in [0.05, 0.1) is 43.6 Å². The smallest absolute Gasteiger partial charge is 0.378 e. The van der Waals surface area contributed by atoms with Crippen molar-refractivity contribution in [2.45, 2.75) is 0 Å². The van der Waals surface area contributed by atoms with Crippen LogP contribution in [0, 0.1) is 14.3 Å². The molecule has 4 rings (SSSR count). The molecule has 170 valence electrons. The third-order valence-electron chi connectivity index (χ3n) is 4.77. The highest BCUT2D eigenvalue weighted by molar-refractivity contribution is 14.1. The third kappa shape index (κ3) is 4.23. The third-order valence-corrected chi connectivity index (χ3v) is 10.2. The van der Waals surface area contributed by atoms with Crippen molar-refractivity contribution in [1.82, 2.24) is 0 Å². The van der Waals surface area contributed by atoms with Crippen LogP contribution in [0.5, 0.6) is 11.5 Å². The van der Waals surface area contributed by atoms with E-state index in [0.717, 1.165) is 0 Å². The fourth-order valence-electron chi connectivity index (χ4n) is 3.34. The highest BCUT2D eigenvalue weighted by Gasteiger charge is 2.34. The van der Waals surface area contributed by atoms with Crippen LogP contribution in [-0.2, 0) is 0 Å². The summed E-state index contributed by atoms with van der Waals surface area (Å²) >= 11 is 33.2. The predicted molar refractivity (Wildman–Crippen MR) is 165 cm³/mol. The SMILES string of the molecule is O=C(O)c1c(Cl)c(Cl)c(Cl)c(Cl)c1-c1c2cc(I)c(O)c(I)c2[o+]c2c(I)c(O)c(I)cc12. The van der Waals surface area contributed by atoms with Gasteiger partial charge < -0.3 is 15.3 Å². The zero-order valence-corrected chi connectivity index (χ0v) is 27.0. The lowest BCUT2D eigenvalue weighted by molar-refractivity contribution is 0.0698. The lowest BCUT2D eigenvalue weighted by Gasteiger charge is -2.16. The molecule has 0 aliphatic rings. The summed E-state index contributed by atoms with van der Waals surface area (Å²) < 4.78 is 7.93. The van der Waals surface area contributed by atoms with Gasteiger partial charge in [0.25, 0.3) is 0 Å². The van der Waals surface area contributed by atoms with E-state index in [1.807, 2.05) is 90.4 Å². The standard InChI is InChI=1S/C20H4Cl4I4O5/c21-10-8(9(20(31)32)11(22)13(24)12(10)23)7-3-1-5(25)16(29)14(27)18(3)33-19-4(7)2-6(26)17(30)15(19)28/h1-2H,(H2-,29,30,31,32)/p+1. The van der Waals surface area contributed by atoms with Crippen molar-refractivity contribution in [3.05, 3.63) is 52.1 Å². The second-order valence-corrected chi connectivity index (χ2v) is 12.6. The summed E-state index contributed by atoms with van der Waals surface area (Å²) in [5.74, 6) is -1.36. The molecule has 0 saturated heterocycles. The van der Waals surface area contributed by atoms with Crippen LogP contribution < -0.4 is 0 Å². The van der Waals surface area contributed by atoms with Crippen molar-refractivity contribution >= 4 is 165 Å². The maximum atomic E-state index is 12.3. The zero-order valence-electron chi connectivity index (χ0n) is 15.3. The Kier molecular flexibility index (Phi) is 7.84. The average Bonchev–Trinajstić information content (AvgIpc) is 2.76. The first-order chi connectivity index (χ1) is 15.4. The Morgan fingerprint density at radius 2 is 1.15 bits per heavy atom. The van der Waals surface area contributed by atoms with Crippen molar-refractivity contribution in [1.29, 1.82) is 0 Å². The van der Waals surface area contributed by atoms with E-state index >= 15 is 0 Å². The first kappa shape index (κ1) is 26.5. The van der Waals surface area contributed by atoms with Gasteiger partial charge in [0.15, 0.2) is 18.6 Å². The molecule has 0 radical (unpaired) electrons. The Morgan fingerprint density at radius 1 is 0.727 bits per heavy atom. The number of hydrogen-bond acceptors (Lipinski definition) is 3. The number of halogens is 8. The number of phenolic OH excluding ortho intramolecular Hbond substituents is 2. The molecule has 0 saturated carbocycles. The number of fused-ring (bicyclic) bond motifs is 2. The number of hydrogen-bond donors (Lipinski definition) is 3. The summed E-state index contributed by atoms with van der Waals surface area (Å²) in [4.78, 5) is 12.3. The van der Waals surface area contributed by atoms with E-state index in [0.29, 0.717) is 30.6 Å². The van der Waals surface area contributed by atoms with Crippen LogP contribution in [0.25, 0.3) is 33.1 Å². The summed E-state index contributed by atoms with van der Waals surface area (Å²) in [6, 6.07) is 3.30. The molecule has 0 unspecified atom stereocenters. The zero-order chi connectivity index (χ0) is 24.5. The number of rotatable bonds is 2. The molecule has 5 nitrogen and oxygen atoms in total. The van der Waals surface area contributed by atoms with Crippen LogP contribution >= 0.6 is 137 Å². The summed E-state index contributed by atoms with van der Waals surface area (Å²) in [7, 11) is 0. The Balaban J connectivity index is 2.44. The van der Waals surface area contributed by atoms with Crippen molar-refractivity contribution in [2.75, 3.05) is 0 Å². The second kappa shape index (κ2) is 9.74. The molecule has 13 heteroatoms. The monoisotopic (exact) mass is 973 g/mol. The highest BCUT2D eigenvalue weighted by Crippen LogP contribution is 2.51. The minimum absolute atomic E-state index is 0.000724. The number of carboxylic acid groups (broad SMARTS) is 1. The van der Waals surface area contributed by atoms with Crippen LogP contribution in [0.15, 0.2) is 16.5 Å². The molecular formula is C20H5Cl4I4O5+. The normalized spacial score (nSPS) is 11.5. The maximum Gasteiger partial charge on any atom is 0.378 e. The Bertz CT molecular complexity index is 1490. The van der Waals surface area contributed by atoms with Gasteiger partial charge in [-0.05, 0) is 102 Å². The number of aromatic carboxylic acids is 1. The fraction of sp³-hybridized carbons (Fsp3) is 0. The molecule has 0 aliphatic heterocycles. The lowest BCUT2D eigenvalue weighted by Crippen LogP contribution is -2.04. The molecule has 0 atom stereocenters. The average molecular weight is 975 g/mol. The van der Waals surface area contributed by atoms with Gasteiger partial charge in [0.1, 0.15) is 0 Å². The first-order valence-corrected chi connectivity index (χ1v) is 14.3. The lowest BCUT2D eigenvalue weighted by atomic mass is 9.93. The van der Waals surface area contributed by atoms with E-state index in [9.17, 15) is 20.1 Å². The van der Waals surface area contributed by atoms with E-state index < -0.39 is 5.97 Å². The largest absolute Gasteiger partial charge is 0.505 e. The summed E-state index contributed by atoms with van der Waals surface area (Å²) in [5, 5.41) is 31.4. The maximum absolute atomic E-state index is 12.3. The molecule has 3 aromatic carbocycles. The molecular weight excluding hydrogens is 970 g/mol. The summed E-state index contributed by atoms with van der Waals surface area (Å²) in [5.41, 5.74) is 0.610. The van der Waals surface area contributed by atoms with Crippen LogP contribution in [0.2, 0.25) is 20.1 Å². The summed E-state index contributed by atoms with van der Waals surface area (Å²) in [6.45, 7) is 0. The first-order valence-electron chi connectivity index (χ1n) is 8.45. The van der Waals surface area contributed by atoms with E-state index in [1.165, 1.54) is 0 Å². The number of aromatic hydroxyl groups is 2. The molecule has 0 fully saturated rings. The van der Waals surface area contributed by atoms with Gasteiger partial charge in [0.2, 0.25) is 0 Å². The number of carboxylic acids is 1. The molecule has 0 bridgehead atoms. The minimum Gasteiger partial charge on any atom is -0.505 e. The predicted octanol–water partition coefficient (Wildman–Crippen LogP) is 9.68. The van der Waals surface area contributed by atoms with E-state index in [-0.39, 0.29) is 53.9 Å². The van der Waals surface area contributed by atoms with Crippen LogP contribution in [-0.4, -0.2) is 21.3 Å². The second-order valence-electron chi connectivity index (χ2n) is 6.58. The van der Waals surface area contributed by atoms with Gasteiger partial charge >= 0.3 is 17.1 Å². The Labute approximate surface area is 260 Å². The van der Waals surface area contributed by atoms with Crippen LogP contribution in [0.1, 0.15) is 10.4 Å². The van der Waals surface area contributed by atoms with Crippen LogP contribution in [0.4, 0.5) is 0 Å². The molecule has 3 N–H and O–H groups in total. The Hall–Kier alpha value is 0.480. The summed E-state index contributed by atoms with van der Waals surface area (Å²) in [6.07, 6.45) is 0.